The Kier molecular flexibility index (Phi) is 53.2. The van der Waals surface area contributed by atoms with Gasteiger partial charge >= 0.3 is 30.3 Å². The van der Waals surface area contributed by atoms with Crippen LogP contribution in [0.15, 0.2) is 246 Å². The molecular weight excluding hydrogens is 2000 g/mol. The number of alkyl halides is 3. The molecule has 150 heavy (non-hydrogen) atoms. The van der Waals surface area contributed by atoms with Gasteiger partial charge in [-0.25, -0.2) is 33.9 Å². The van der Waals surface area contributed by atoms with Crippen molar-refractivity contribution >= 4 is 106 Å². The molecule has 822 valence electrons. The number of ether oxygens (including phenoxy) is 13. The summed E-state index contributed by atoms with van der Waals surface area (Å²) in [5.41, 5.74) is 7.23. The fourth-order valence-corrected chi connectivity index (χ4v) is 18.9. The third-order valence-electron chi connectivity index (χ3n) is 22.7. The van der Waals surface area contributed by atoms with Crippen LogP contribution in [-0.4, -0.2) is 243 Å². The summed E-state index contributed by atoms with van der Waals surface area (Å²) in [5.74, 6) is 0.0260. The molecule has 10 atom stereocenters. The van der Waals surface area contributed by atoms with E-state index in [9.17, 15) is 43.5 Å². The van der Waals surface area contributed by atoms with Crippen LogP contribution in [0.25, 0.3) is 0 Å². The van der Waals surface area contributed by atoms with Gasteiger partial charge in [-0.15, -0.1) is 0 Å². The average Bonchev–Trinajstić information content (AvgIpc) is 1.67. The van der Waals surface area contributed by atoms with Crippen LogP contribution in [0, 0.1) is 0 Å². The van der Waals surface area contributed by atoms with Crippen molar-refractivity contribution in [3.05, 3.63) is 271 Å². The van der Waals surface area contributed by atoms with Crippen molar-refractivity contribution in [3.8, 4) is 0 Å². The van der Waals surface area contributed by atoms with Gasteiger partial charge in [-0.3, -0.25) is 29.2 Å². The van der Waals surface area contributed by atoms with Crippen LogP contribution >= 0.6 is 42.7 Å². The number of carboxylic acids is 1. The quantitative estimate of drug-likeness (QED) is 0.0153. The van der Waals surface area contributed by atoms with E-state index in [0.29, 0.717) is 57.8 Å². The molecule has 0 radical (unpaired) electrons. The summed E-state index contributed by atoms with van der Waals surface area (Å²) in [6.45, 7) is 35.8. The number of nitrogens with zero attached hydrogens (tertiary/aromatic N) is 6. The van der Waals surface area contributed by atoms with Gasteiger partial charge in [-0.2, -0.15) is 0 Å². The van der Waals surface area contributed by atoms with Gasteiger partial charge < -0.3 is 91.4 Å². The minimum Gasteiger partial charge on any atom is -0.480 e. The number of amides is 4. The van der Waals surface area contributed by atoms with E-state index >= 15 is 0 Å². The maximum absolute atomic E-state index is 12.9. The van der Waals surface area contributed by atoms with Crippen molar-refractivity contribution in [1.82, 2.24) is 34.9 Å². The summed E-state index contributed by atoms with van der Waals surface area (Å²) < 4.78 is 80.7. The first-order valence-corrected chi connectivity index (χ1v) is 52.8. The maximum atomic E-state index is 12.9. The molecule has 5 aliphatic rings. The Bertz CT molecular complexity index is 5260. The lowest BCUT2D eigenvalue weighted by atomic mass is 10.0. The van der Waals surface area contributed by atoms with Crippen molar-refractivity contribution in [2.75, 3.05) is 67.7 Å². The molecule has 0 unspecified atom stereocenters. The van der Waals surface area contributed by atoms with Crippen LogP contribution in [0.4, 0.5) is 19.2 Å². The number of aromatic nitrogens is 2. The Morgan fingerprint density at radius 1 is 0.393 bits per heavy atom. The first-order valence-electron chi connectivity index (χ1n) is 50.3. The van der Waals surface area contributed by atoms with Gasteiger partial charge in [0.25, 0.3) is 0 Å². The van der Waals surface area contributed by atoms with E-state index in [1.807, 2.05) is 204 Å². The fourth-order valence-electron chi connectivity index (χ4n) is 16.6. The average molecular weight is 2160 g/mol. The Balaban J connectivity index is 0.000000240. The number of benzene rings is 7. The summed E-state index contributed by atoms with van der Waals surface area (Å²) in [4.78, 5) is 112. The lowest BCUT2D eigenvalue weighted by Gasteiger charge is -2.25. The summed E-state index contributed by atoms with van der Waals surface area (Å²) in [6.07, 6.45) is 6.80. The van der Waals surface area contributed by atoms with Gasteiger partial charge in [0.2, 0.25) is 11.8 Å². The lowest BCUT2D eigenvalue weighted by Crippen LogP contribution is -2.41. The van der Waals surface area contributed by atoms with E-state index in [0.717, 1.165) is 41.1 Å². The van der Waals surface area contributed by atoms with Crippen LogP contribution in [0.3, 0.4) is 0 Å². The van der Waals surface area contributed by atoms with Crippen LogP contribution in [0.1, 0.15) is 222 Å². The number of aliphatic carboxylic acids is 1. The van der Waals surface area contributed by atoms with E-state index in [2.05, 4.69) is 127 Å². The first kappa shape index (κ1) is 126. The fraction of sp³-hybridized carbons (Fsp3) is 0.509. The predicted octanol–water partition coefficient (Wildman–Crippen LogP) is 21.0. The molecule has 9 aromatic rings. The molecule has 2 aromatic heterocycles. The molecule has 0 saturated carbocycles. The molecule has 5 saturated heterocycles. The molecule has 4 N–H and O–H groups in total. The highest BCUT2D eigenvalue weighted by atomic mass is 35.6. The molecule has 7 aromatic carbocycles. The highest BCUT2D eigenvalue weighted by Crippen LogP contribution is 2.38. The second-order valence-electron chi connectivity index (χ2n) is 41.1. The topological polar surface area (TPSA) is 380 Å². The SMILES string of the molecule is CC(=O)CCC(=O)[C@@H]1C[C@@H](OC(C)(C)C)CN1C(=O)OCc1ccccc1.CC(C)(C)O[C@@H]1C[C@@H](C(=O)O)N(C(=O)OCc2ccccc2)C1.CC(C)(C)O[C@@H]1C[C@@H](c2ncco2)N(C(=O)OCc2ccccc2)C1.CC(C)(C)O[C@H]1CN[C@H](c2ncco2)C1.CC(Cl)(Cl)Cl.COC(CCC(=O)[C@@H]1C[C@@H](OC(C)(C)C)CN1C(=O)OCc1ccccc1)OC.COC(CN)OC.c1ccc(P(c2ccccc2)c2ccccc2)cc1. The Morgan fingerprint density at radius 3 is 0.973 bits per heavy atom. The molecule has 0 bridgehead atoms. The van der Waals surface area contributed by atoms with Gasteiger partial charge in [0, 0.05) is 92.9 Å². The number of carbonyl (C=O) groups is 8. The van der Waals surface area contributed by atoms with Crippen molar-refractivity contribution in [3.63, 3.8) is 0 Å². The van der Waals surface area contributed by atoms with Crippen molar-refractivity contribution in [2.45, 2.75) is 307 Å². The molecule has 0 spiro atoms. The second kappa shape index (κ2) is 63.1. The molecule has 32 nitrogen and oxygen atoms in total. The Hall–Kier alpha value is -10.6. The number of methoxy groups -OCH3 is 4. The zero-order chi connectivity index (χ0) is 110. The van der Waals surface area contributed by atoms with Gasteiger partial charge in [-0.1, -0.05) is 247 Å². The smallest absolute Gasteiger partial charge is 0.410 e. The molecule has 36 heteroatoms. The molecule has 14 rings (SSSR count). The van der Waals surface area contributed by atoms with E-state index in [1.165, 1.54) is 64.9 Å². The number of hydrogen-bond acceptors (Lipinski definition) is 27. The summed E-state index contributed by atoms with van der Waals surface area (Å²) in [5, 5.41) is 16.9. The van der Waals surface area contributed by atoms with Crippen molar-refractivity contribution in [1.29, 1.82) is 0 Å². The number of hydrogen-bond donors (Lipinski definition) is 3. The van der Waals surface area contributed by atoms with E-state index in [1.54, 1.807) is 37.8 Å². The number of rotatable bonds is 32. The number of nitrogens with two attached hydrogens (primary N) is 1. The largest absolute Gasteiger partial charge is 0.480 e. The van der Waals surface area contributed by atoms with Gasteiger partial charge in [0.05, 0.1) is 115 Å². The molecule has 0 aliphatic carbocycles. The number of carbonyl (C=O) groups excluding carboxylic acids is 7. The molecular formula is C114H156Cl3N8O24P. The van der Waals surface area contributed by atoms with E-state index < -0.39 is 66.0 Å². The highest BCUT2D eigenvalue weighted by Gasteiger charge is 2.47. The van der Waals surface area contributed by atoms with E-state index in [4.69, 9.17) is 111 Å². The number of carboxylic acid groups (broad SMARTS) is 1. The first-order chi connectivity index (χ1) is 70.9. The zero-order valence-corrected chi connectivity index (χ0v) is 93.7. The standard InChI is InChI=1S/C22H33NO6.C21H29NO5.C19H24N2O4.C18H15P.C17H23NO5.C11H18N2O2.C4H11NO2.C2H3Cl3/c1-22(2,3)29-17-13-18(19(24)11-12-20(26-4)27-5)23(14-17)21(25)28-15-16-9-7-6-8-10-16;1-15(23)10-11-19(24)18-12-17(27-21(2,3)4)13-22(18)20(25)26-14-16-8-6-5-7-9-16;1-19(2,3)25-15-11-16(17-20-9-10-23-17)21(12-15)18(22)24-13-14-7-5-4-6-8-14;1-4-10-16(11-5-1)19(17-12-6-2-7-13-17)18-14-8-3-9-15-18;1-17(2,3)23-13-9-14(15(19)20)18(10-13)16(21)22-11-12-7-5-4-6-8-12;1-11(2,3)15-8-6-9(13-7-8)10-12-4-5-14-10;1-6-4(3-5)7-2;1-2(3,4)5/h6-10,17-18,20H,11-15H2,1-5H3;5-9,17-18H,10-14H2,1-4H3;4-10,15-16H,11-13H2,1-3H3;1-15H;4-8,13-14H,9-11H2,1-3H3,(H,19,20);4-5,8-9,13H,6-7H2,1-3H3;4H,3,5H2,1-2H3;1H3/t2*17-,18+;15-,16+;;13-,14+;8-,9+;;/m111.11../s1. The second-order valence-corrected chi connectivity index (χ2v) is 46.2. The Labute approximate surface area is 901 Å². The van der Waals surface area contributed by atoms with Crippen LogP contribution in [0.2, 0.25) is 0 Å². The van der Waals surface area contributed by atoms with Gasteiger partial charge in [0.1, 0.15) is 56.8 Å². The third kappa shape index (κ3) is 48.6. The molecule has 5 aliphatic heterocycles. The number of oxazole rings is 2. The number of halogens is 3. The normalized spacial score (nSPS) is 19.0. The summed E-state index contributed by atoms with van der Waals surface area (Å²) >= 11 is 15.2. The molecule has 7 heterocycles. The number of nitrogens with one attached hydrogen (secondary N) is 1. The van der Waals surface area contributed by atoms with Crippen molar-refractivity contribution < 1.29 is 114 Å². The minimum atomic E-state index is -1.08. The maximum Gasteiger partial charge on any atom is 0.410 e. The lowest BCUT2D eigenvalue weighted by molar-refractivity contribution is -0.142. The summed E-state index contributed by atoms with van der Waals surface area (Å²) in [7, 11) is 5.74. The predicted molar refractivity (Wildman–Crippen MR) is 580 cm³/mol. The molecule has 4 amide bonds. The third-order valence-corrected chi connectivity index (χ3v) is 25.1. The van der Waals surface area contributed by atoms with Crippen LogP contribution < -0.4 is 27.0 Å². The van der Waals surface area contributed by atoms with Gasteiger partial charge in [-0.05, 0) is 170 Å². The van der Waals surface area contributed by atoms with Gasteiger partial charge in [0.15, 0.2) is 27.9 Å². The summed E-state index contributed by atoms with van der Waals surface area (Å²) in [6, 6.07) is 67.9. The minimum absolute atomic E-state index is 0.0398. The number of ketones is 3. The van der Waals surface area contributed by atoms with Crippen LogP contribution in [0.5, 0.6) is 0 Å². The van der Waals surface area contributed by atoms with E-state index in [-0.39, 0.29) is 153 Å². The molecule has 5 fully saturated rings. The monoisotopic (exact) mass is 2160 g/mol. The Morgan fingerprint density at radius 2 is 0.680 bits per heavy atom. The zero-order valence-electron chi connectivity index (χ0n) is 90.6. The van der Waals surface area contributed by atoms with Crippen molar-refractivity contribution in [2.24, 2.45) is 5.73 Å². The number of Topliss-reactive ketones (excluding diaryl/α,β-unsaturated/α-hetero) is 3. The van der Waals surface area contributed by atoms with Crippen LogP contribution in [-0.2, 0) is 107 Å². The highest BCUT2D eigenvalue weighted by molar-refractivity contribution is 7.79. The number of likely N-dealkylation sites (tertiary alicyclic amines) is 4.